The number of fused-ring (bicyclic) bond motifs is 1. The molecule has 6 nitrogen and oxygen atoms in total. The lowest BCUT2D eigenvalue weighted by Gasteiger charge is -1.96. The Morgan fingerprint density at radius 3 is 3.00 bits per heavy atom. The number of pyridine rings is 1. The molecule has 3 heterocycles. The van der Waals surface area contributed by atoms with Gasteiger partial charge >= 0.3 is 0 Å². The van der Waals surface area contributed by atoms with Crippen molar-refractivity contribution in [3.63, 3.8) is 0 Å². The molecule has 15 heavy (non-hydrogen) atoms. The summed E-state index contributed by atoms with van der Waals surface area (Å²) in [5.41, 5.74) is 7.13. The molecular formula is C8H6N6S. The average molecular weight is 218 g/mol. The van der Waals surface area contributed by atoms with Gasteiger partial charge < -0.3 is 5.73 Å². The lowest BCUT2D eigenvalue weighted by Crippen LogP contribution is -1.91. The van der Waals surface area contributed by atoms with Gasteiger partial charge in [0, 0.05) is 11.9 Å². The molecule has 74 valence electrons. The van der Waals surface area contributed by atoms with Crippen molar-refractivity contribution in [2.45, 2.75) is 0 Å². The minimum absolute atomic E-state index is 0.668. The van der Waals surface area contributed by atoms with Gasteiger partial charge in [-0.25, -0.2) is 0 Å². The number of anilines is 1. The summed E-state index contributed by atoms with van der Waals surface area (Å²) >= 11 is 1.28. The topological polar surface area (TPSA) is 82.0 Å². The molecule has 7 heteroatoms. The summed E-state index contributed by atoms with van der Waals surface area (Å²) in [5, 5.41) is 11.9. The van der Waals surface area contributed by atoms with Gasteiger partial charge in [0.05, 0.1) is 6.20 Å². The summed E-state index contributed by atoms with van der Waals surface area (Å²) in [6, 6.07) is 3.61. The first kappa shape index (κ1) is 8.30. The third-order valence-corrected chi connectivity index (χ3v) is 2.67. The van der Waals surface area contributed by atoms with Gasteiger partial charge in [0.25, 0.3) is 0 Å². The fourth-order valence-electron chi connectivity index (χ4n) is 1.34. The first-order chi connectivity index (χ1) is 7.34. The second-order valence-corrected chi connectivity index (χ2v) is 3.78. The molecule has 0 aliphatic heterocycles. The smallest absolute Gasteiger partial charge is 0.181 e. The van der Waals surface area contributed by atoms with Crippen molar-refractivity contribution in [1.82, 2.24) is 24.2 Å². The monoisotopic (exact) mass is 218 g/mol. The maximum Gasteiger partial charge on any atom is 0.181 e. The molecule has 0 saturated carbocycles. The van der Waals surface area contributed by atoms with Crippen molar-refractivity contribution in [1.29, 1.82) is 0 Å². The predicted molar refractivity (Wildman–Crippen MR) is 56.3 cm³/mol. The molecule has 0 radical (unpaired) electrons. The molecule has 0 unspecified atom stereocenters. The van der Waals surface area contributed by atoms with Crippen LogP contribution in [0.3, 0.4) is 0 Å². The maximum absolute atomic E-state index is 5.70. The van der Waals surface area contributed by atoms with E-state index in [1.807, 2.05) is 10.5 Å². The van der Waals surface area contributed by atoms with Crippen LogP contribution in [0.4, 0.5) is 5.69 Å². The first-order valence-electron chi connectivity index (χ1n) is 4.22. The molecule has 3 aromatic heterocycles. The summed E-state index contributed by atoms with van der Waals surface area (Å²) in [5.74, 6) is 0.715. The minimum Gasteiger partial charge on any atom is -0.398 e. The van der Waals surface area contributed by atoms with E-state index in [0.717, 1.165) is 10.5 Å². The van der Waals surface area contributed by atoms with Crippen LogP contribution in [0.2, 0.25) is 0 Å². The van der Waals surface area contributed by atoms with Gasteiger partial charge in [0.1, 0.15) is 4.88 Å². The van der Waals surface area contributed by atoms with Gasteiger partial charge in [-0.1, -0.05) is 4.49 Å². The second-order valence-electron chi connectivity index (χ2n) is 3.00. The van der Waals surface area contributed by atoms with E-state index in [9.17, 15) is 0 Å². The zero-order valence-electron chi connectivity index (χ0n) is 7.53. The zero-order chi connectivity index (χ0) is 10.3. The highest BCUT2D eigenvalue weighted by atomic mass is 32.1. The van der Waals surface area contributed by atoms with Crippen molar-refractivity contribution in [2.24, 2.45) is 0 Å². The van der Waals surface area contributed by atoms with Crippen LogP contribution in [-0.2, 0) is 0 Å². The average Bonchev–Trinajstić information content (AvgIpc) is 2.83. The lowest BCUT2D eigenvalue weighted by atomic mass is 10.4. The van der Waals surface area contributed by atoms with Crippen LogP contribution >= 0.6 is 11.5 Å². The molecule has 0 aliphatic rings. The normalized spacial score (nSPS) is 10.9. The van der Waals surface area contributed by atoms with Gasteiger partial charge in [-0.15, -0.1) is 15.3 Å². The predicted octanol–water partition coefficient (Wildman–Crippen LogP) is 0.830. The fourth-order valence-corrected chi connectivity index (χ4v) is 1.84. The number of nitrogens with two attached hydrogens (primary N) is 1. The summed E-state index contributed by atoms with van der Waals surface area (Å²) in [4.78, 5) is 0.869. The van der Waals surface area contributed by atoms with Crippen molar-refractivity contribution in [2.75, 3.05) is 5.73 Å². The Kier molecular flexibility index (Phi) is 1.65. The van der Waals surface area contributed by atoms with E-state index in [1.165, 1.54) is 11.5 Å². The van der Waals surface area contributed by atoms with E-state index in [4.69, 9.17) is 5.73 Å². The summed E-state index contributed by atoms with van der Waals surface area (Å²) in [6.07, 6.45) is 3.44. The molecule has 3 aromatic rings. The Bertz CT molecular complexity index is 599. The van der Waals surface area contributed by atoms with E-state index >= 15 is 0 Å². The number of nitrogens with zero attached hydrogens (tertiary/aromatic N) is 5. The number of hydrogen-bond donors (Lipinski definition) is 1. The van der Waals surface area contributed by atoms with Crippen LogP contribution in [-0.4, -0.2) is 24.2 Å². The molecule has 0 atom stereocenters. The molecular weight excluding hydrogens is 212 g/mol. The Hall–Kier alpha value is -2.02. The van der Waals surface area contributed by atoms with Crippen molar-refractivity contribution in [3.05, 3.63) is 24.5 Å². The van der Waals surface area contributed by atoms with Crippen molar-refractivity contribution < 1.29 is 0 Å². The van der Waals surface area contributed by atoms with Gasteiger partial charge in [0.15, 0.2) is 11.5 Å². The molecule has 0 fully saturated rings. The van der Waals surface area contributed by atoms with Crippen molar-refractivity contribution in [3.8, 4) is 10.7 Å². The third kappa shape index (κ3) is 1.24. The molecule has 0 spiro atoms. The Balaban J connectivity index is 2.32. The van der Waals surface area contributed by atoms with Gasteiger partial charge in [0.2, 0.25) is 0 Å². The molecule has 0 saturated heterocycles. The molecule has 0 aromatic carbocycles. The highest BCUT2D eigenvalue weighted by Crippen LogP contribution is 2.20. The van der Waals surface area contributed by atoms with Crippen LogP contribution in [0.25, 0.3) is 16.3 Å². The third-order valence-electron chi connectivity index (χ3n) is 2.01. The second kappa shape index (κ2) is 2.99. The molecule has 0 amide bonds. The minimum atomic E-state index is 0.668. The van der Waals surface area contributed by atoms with Crippen molar-refractivity contribution >= 4 is 22.9 Å². The molecule has 0 bridgehead atoms. The standard InChI is InChI=1S/C8H6N6S/c9-5-1-2-7-11-12-8(14(7)4-5)6-3-10-13-15-6/h1-4H,9H2. The van der Waals surface area contributed by atoms with E-state index < -0.39 is 0 Å². The summed E-state index contributed by atoms with van der Waals surface area (Å²) < 4.78 is 5.61. The Labute approximate surface area is 88.5 Å². The largest absolute Gasteiger partial charge is 0.398 e. The number of nitrogen functional groups attached to an aromatic ring is 1. The molecule has 3 rings (SSSR count). The van der Waals surface area contributed by atoms with E-state index in [2.05, 4.69) is 19.8 Å². The number of hydrogen-bond acceptors (Lipinski definition) is 6. The summed E-state index contributed by atoms with van der Waals surface area (Å²) in [6.45, 7) is 0. The van der Waals surface area contributed by atoms with Gasteiger partial charge in [-0.05, 0) is 23.7 Å². The van der Waals surface area contributed by atoms with E-state index in [0.29, 0.717) is 11.5 Å². The quantitative estimate of drug-likeness (QED) is 0.654. The number of aromatic nitrogens is 5. The highest BCUT2D eigenvalue weighted by Gasteiger charge is 2.09. The lowest BCUT2D eigenvalue weighted by molar-refractivity contribution is 1.11. The molecule has 0 aliphatic carbocycles. The fraction of sp³-hybridized carbons (Fsp3) is 0. The molecule has 2 N–H and O–H groups in total. The van der Waals surface area contributed by atoms with Gasteiger partial charge in [-0.3, -0.25) is 4.40 Å². The van der Waals surface area contributed by atoms with Gasteiger partial charge in [-0.2, -0.15) is 0 Å². The maximum atomic E-state index is 5.70. The van der Waals surface area contributed by atoms with Crippen LogP contribution in [0.1, 0.15) is 0 Å². The van der Waals surface area contributed by atoms with Crippen LogP contribution in [0.15, 0.2) is 24.5 Å². The van der Waals surface area contributed by atoms with Crippen LogP contribution in [0, 0.1) is 0 Å². The van der Waals surface area contributed by atoms with E-state index in [1.54, 1.807) is 18.5 Å². The van der Waals surface area contributed by atoms with E-state index in [-0.39, 0.29) is 0 Å². The number of rotatable bonds is 1. The Morgan fingerprint density at radius 2 is 2.20 bits per heavy atom. The SMILES string of the molecule is Nc1ccc2nnc(-c3cnns3)n2c1. The van der Waals surface area contributed by atoms with Crippen LogP contribution < -0.4 is 5.73 Å². The zero-order valence-corrected chi connectivity index (χ0v) is 8.35. The highest BCUT2D eigenvalue weighted by molar-refractivity contribution is 7.09. The van der Waals surface area contributed by atoms with Crippen LogP contribution in [0.5, 0.6) is 0 Å². The summed E-state index contributed by atoms with van der Waals surface area (Å²) in [7, 11) is 0. The first-order valence-corrected chi connectivity index (χ1v) is 5.00. The Morgan fingerprint density at radius 1 is 1.27 bits per heavy atom.